The van der Waals surface area contributed by atoms with Gasteiger partial charge < -0.3 is 5.73 Å². The maximum absolute atomic E-state index is 10.6. The molecule has 6 heteroatoms. The summed E-state index contributed by atoms with van der Waals surface area (Å²) in [5.74, 6) is 0. The summed E-state index contributed by atoms with van der Waals surface area (Å²) >= 11 is 0. The van der Waals surface area contributed by atoms with E-state index in [1.54, 1.807) is 0 Å². The molecule has 0 bridgehead atoms. The molecule has 0 unspecified atom stereocenters. The summed E-state index contributed by atoms with van der Waals surface area (Å²) in [7, 11) is 0. The lowest BCUT2D eigenvalue weighted by Crippen LogP contribution is -2.20. The van der Waals surface area contributed by atoms with Crippen LogP contribution in [0.3, 0.4) is 0 Å². The van der Waals surface area contributed by atoms with Crippen LogP contribution < -0.4 is 11.5 Å². The van der Waals surface area contributed by atoms with Gasteiger partial charge in [0.15, 0.2) is 0 Å². The number of nitrogens with two attached hydrogens (primary N) is 2. The Hall–Kier alpha value is -0.360. The van der Waals surface area contributed by atoms with Gasteiger partial charge in [0, 0.05) is 6.54 Å². The zero-order valence-electron chi connectivity index (χ0n) is 4.58. The minimum absolute atomic E-state index is 0.153. The van der Waals surface area contributed by atoms with E-state index in [0.717, 1.165) is 0 Å². The molecule has 58 valence electrons. The molecule has 2 nitrogen and oxygen atoms in total. The molecule has 0 aromatic rings. The van der Waals surface area contributed by atoms with Crippen LogP contribution in [0.25, 0.3) is 0 Å². The molecule has 0 aromatic heterocycles. The van der Waals surface area contributed by atoms with Gasteiger partial charge in [-0.2, -0.15) is 13.2 Å². The monoisotopic (exact) mass is 148 g/mol. The van der Waals surface area contributed by atoms with Gasteiger partial charge in [-0.1, -0.05) is 0 Å². The summed E-state index contributed by atoms with van der Waals surface area (Å²) in [5.41, 5.74) is 8.01. The lowest BCUT2D eigenvalue weighted by atomic mass is 10.8. The molecule has 0 saturated carbocycles. The molecule has 4 N–H and O–H groups in total. The molecule has 0 aliphatic heterocycles. The lowest BCUT2D eigenvalue weighted by Gasteiger charge is -1.89. The summed E-state index contributed by atoms with van der Waals surface area (Å²) in [6, 6.07) is 0. The normalized spacial score (nSPS) is 10.0. The second-order valence-corrected chi connectivity index (χ2v) is 1.02. The maximum atomic E-state index is 10.6. The largest absolute Gasteiger partial charge is 0.454 e. The van der Waals surface area contributed by atoms with Crippen LogP contribution in [0.5, 0.6) is 0 Å². The van der Waals surface area contributed by atoms with Crippen LogP contribution in [-0.2, 0) is 0 Å². The third-order valence-electron chi connectivity index (χ3n) is 0.109. The molecule has 0 radical (unpaired) electrons. The first-order valence-corrected chi connectivity index (χ1v) is 2.03. The number of hydrogen-bond donors (Lipinski definition) is 2. The van der Waals surface area contributed by atoms with Crippen molar-refractivity contribution < 1.29 is 17.6 Å². The molecule has 0 aliphatic rings. The van der Waals surface area contributed by atoms with Crippen molar-refractivity contribution in [2.75, 3.05) is 13.2 Å². The van der Waals surface area contributed by atoms with Crippen molar-refractivity contribution in [1.29, 1.82) is 0 Å². The third-order valence-corrected chi connectivity index (χ3v) is 0.109. The number of hydrogen-bond acceptors (Lipinski definition) is 2. The van der Waals surface area contributed by atoms with E-state index in [4.69, 9.17) is 0 Å². The summed E-state index contributed by atoms with van der Waals surface area (Å²) in [6.45, 7) is -0.250. The van der Waals surface area contributed by atoms with Crippen molar-refractivity contribution in [3.63, 3.8) is 0 Å². The average Bonchev–Trinajstić information content (AvgIpc) is 1.61. The first kappa shape index (κ1) is 11.4. The van der Waals surface area contributed by atoms with Gasteiger partial charge in [-0.05, 0) is 0 Å². The van der Waals surface area contributed by atoms with Crippen LogP contribution in [0.4, 0.5) is 17.6 Å². The molecular formula is C3H8F4N2. The van der Waals surface area contributed by atoms with E-state index >= 15 is 0 Å². The Kier molecular flexibility index (Phi) is 7.33. The number of rotatable bonds is 1. The second kappa shape index (κ2) is 5.77. The van der Waals surface area contributed by atoms with Crippen LogP contribution in [-0.4, -0.2) is 19.5 Å². The maximum Gasteiger partial charge on any atom is 0.454 e. The minimum atomic E-state index is -4.50. The molecule has 0 fully saturated rings. The Bertz CT molecular complexity index is 44.3. The Morgan fingerprint density at radius 1 is 1.22 bits per heavy atom. The van der Waals surface area contributed by atoms with Gasteiger partial charge in [0.05, 0.1) is 0 Å². The molecule has 0 aromatic carbocycles. The van der Waals surface area contributed by atoms with Crippen LogP contribution in [0.1, 0.15) is 0 Å². The first-order valence-electron chi connectivity index (χ1n) is 2.03. The lowest BCUT2D eigenvalue weighted by molar-refractivity contribution is -0.122. The van der Waals surface area contributed by atoms with E-state index in [0.29, 0.717) is 0 Å². The van der Waals surface area contributed by atoms with E-state index < -0.39 is 13.0 Å². The highest BCUT2D eigenvalue weighted by molar-refractivity contribution is 4.21. The molecule has 0 spiro atoms. The van der Waals surface area contributed by atoms with Crippen LogP contribution in [0.2, 0.25) is 0 Å². The smallest absolute Gasteiger partial charge is 0.328 e. The zero-order valence-corrected chi connectivity index (χ0v) is 4.58. The highest BCUT2D eigenvalue weighted by Gasteiger charge is 2.16. The van der Waals surface area contributed by atoms with E-state index in [9.17, 15) is 17.6 Å². The Morgan fingerprint density at radius 3 is 1.33 bits per heavy atom. The zero-order chi connectivity index (χ0) is 7.91. The standard InChI is InChI=1S/C2H6FN.CH2F3N/c3-1-2-4;2-1(3,4)5/h1-2,4H2;5H2. The molecule has 9 heavy (non-hydrogen) atoms. The van der Waals surface area contributed by atoms with E-state index in [1.807, 2.05) is 0 Å². The predicted octanol–water partition coefficient (Wildman–Crippen LogP) is 0.380. The minimum Gasteiger partial charge on any atom is -0.328 e. The fraction of sp³-hybridized carbons (Fsp3) is 1.00. The van der Waals surface area contributed by atoms with Crippen molar-refractivity contribution in [3.05, 3.63) is 0 Å². The second-order valence-electron chi connectivity index (χ2n) is 1.02. The average molecular weight is 148 g/mol. The van der Waals surface area contributed by atoms with Crippen LogP contribution in [0.15, 0.2) is 0 Å². The van der Waals surface area contributed by atoms with Gasteiger partial charge in [0.2, 0.25) is 0 Å². The van der Waals surface area contributed by atoms with Gasteiger partial charge in [0.1, 0.15) is 6.67 Å². The molecule has 0 amide bonds. The highest BCUT2D eigenvalue weighted by atomic mass is 19.4. The van der Waals surface area contributed by atoms with Gasteiger partial charge in [-0.15, -0.1) is 0 Å². The van der Waals surface area contributed by atoms with Crippen molar-refractivity contribution >= 4 is 0 Å². The van der Waals surface area contributed by atoms with Gasteiger partial charge >= 0.3 is 6.30 Å². The van der Waals surface area contributed by atoms with Crippen LogP contribution in [0, 0.1) is 0 Å². The molecule has 0 heterocycles. The Balaban J connectivity index is 0. The van der Waals surface area contributed by atoms with Crippen molar-refractivity contribution in [2.45, 2.75) is 6.30 Å². The fourth-order valence-corrected chi connectivity index (χ4v) is 0. The number of halogens is 4. The molecule has 0 rings (SSSR count). The van der Waals surface area contributed by atoms with Crippen molar-refractivity contribution in [3.8, 4) is 0 Å². The van der Waals surface area contributed by atoms with Crippen molar-refractivity contribution in [2.24, 2.45) is 11.5 Å². The van der Waals surface area contributed by atoms with E-state index in [2.05, 4.69) is 11.5 Å². The Morgan fingerprint density at radius 2 is 1.33 bits per heavy atom. The molecule has 0 aliphatic carbocycles. The van der Waals surface area contributed by atoms with Crippen molar-refractivity contribution in [1.82, 2.24) is 0 Å². The molecular weight excluding hydrogens is 140 g/mol. The first-order chi connectivity index (χ1) is 3.91. The molecule has 0 atom stereocenters. The van der Waals surface area contributed by atoms with E-state index in [-0.39, 0.29) is 6.54 Å². The highest BCUT2D eigenvalue weighted by Crippen LogP contribution is 2.01. The van der Waals surface area contributed by atoms with Gasteiger partial charge in [0.25, 0.3) is 0 Å². The quantitative estimate of drug-likeness (QED) is 0.417. The summed E-state index contributed by atoms with van der Waals surface area (Å²) in [4.78, 5) is 0. The Labute approximate surface area is 49.8 Å². The summed E-state index contributed by atoms with van der Waals surface area (Å²) in [5, 5.41) is 0. The third kappa shape index (κ3) is 593. The topological polar surface area (TPSA) is 52.0 Å². The summed E-state index contributed by atoms with van der Waals surface area (Å²) in [6.07, 6.45) is -4.50. The SMILES string of the molecule is NC(F)(F)F.NCCF. The van der Waals surface area contributed by atoms with E-state index in [1.165, 1.54) is 0 Å². The summed E-state index contributed by atoms with van der Waals surface area (Å²) < 4.78 is 41.0. The van der Waals surface area contributed by atoms with Gasteiger partial charge in [-0.25, -0.2) is 10.1 Å². The predicted molar refractivity (Wildman–Crippen MR) is 25.3 cm³/mol. The van der Waals surface area contributed by atoms with Crippen LogP contribution >= 0.6 is 0 Å². The molecule has 0 saturated heterocycles. The number of alkyl halides is 4. The van der Waals surface area contributed by atoms with Gasteiger partial charge in [-0.3, -0.25) is 0 Å². The fourth-order valence-electron chi connectivity index (χ4n) is 0.